The number of carbonyl (C=O) groups is 1. The summed E-state index contributed by atoms with van der Waals surface area (Å²) in [6, 6.07) is 3.24. The number of rotatable bonds is 3. The molecule has 1 aliphatic carbocycles. The number of aliphatic hydroxyl groups excluding tert-OH is 1. The summed E-state index contributed by atoms with van der Waals surface area (Å²) in [6.07, 6.45) is 2.33. The Kier molecular flexibility index (Phi) is 4.93. The minimum atomic E-state index is -0.711. The number of halogens is 1. The number of nitrogens with two attached hydrogens (primary N) is 1. The molecule has 9 nitrogen and oxygen atoms in total. The van der Waals surface area contributed by atoms with Gasteiger partial charge in [-0.3, -0.25) is 5.32 Å². The predicted molar refractivity (Wildman–Crippen MR) is 117 cm³/mol. The van der Waals surface area contributed by atoms with E-state index in [0.717, 1.165) is 11.3 Å². The van der Waals surface area contributed by atoms with Gasteiger partial charge in [-0.15, -0.1) is 0 Å². The SMILES string of the molecule is Cc1c(-c2cc3cc(NC(=O)OC4CCC4O)ncc3c(N)c2F)cnc2c1NCCO2. The normalized spacial score (nSPS) is 19.3. The molecule has 2 unspecified atom stereocenters. The highest BCUT2D eigenvalue weighted by molar-refractivity contribution is 5.99. The first-order valence-electron chi connectivity index (χ1n) is 10.3. The average molecular weight is 439 g/mol. The van der Waals surface area contributed by atoms with Gasteiger partial charge in [0, 0.05) is 35.5 Å². The lowest BCUT2D eigenvalue weighted by Crippen LogP contribution is -2.41. The Labute approximate surface area is 182 Å². The number of aromatic nitrogens is 2. The highest BCUT2D eigenvalue weighted by atomic mass is 19.1. The van der Waals surface area contributed by atoms with E-state index in [2.05, 4.69) is 20.6 Å². The maximum atomic E-state index is 15.2. The summed E-state index contributed by atoms with van der Waals surface area (Å²) in [7, 11) is 0. The van der Waals surface area contributed by atoms with Crippen LogP contribution in [0.15, 0.2) is 24.5 Å². The van der Waals surface area contributed by atoms with Crippen LogP contribution < -0.4 is 21.1 Å². The smallest absolute Gasteiger partial charge is 0.413 e. The van der Waals surface area contributed by atoms with E-state index in [1.807, 2.05) is 6.92 Å². The number of ether oxygens (including phenoxy) is 2. The first kappa shape index (κ1) is 20.3. The zero-order chi connectivity index (χ0) is 22.4. The fourth-order valence-electron chi connectivity index (χ4n) is 3.92. The van der Waals surface area contributed by atoms with Gasteiger partial charge in [0.1, 0.15) is 24.2 Å². The van der Waals surface area contributed by atoms with Gasteiger partial charge in [-0.25, -0.2) is 19.2 Å². The Bertz CT molecular complexity index is 1230. The van der Waals surface area contributed by atoms with Crippen molar-refractivity contribution in [3.05, 3.63) is 35.9 Å². The number of carbonyl (C=O) groups excluding carboxylic acids is 1. The molecule has 5 rings (SSSR count). The highest BCUT2D eigenvalue weighted by Gasteiger charge is 2.32. The number of nitrogens with zero attached hydrogens (tertiary/aromatic N) is 2. The van der Waals surface area contributed by atoms with Crippen molar-refractivity contribution in [2.45, 2.75) is 32.0 Å². The van der Waals surface area contributed by atoms with Crippen molar-refractivity contribution >= 4 is 34.1 Å². The summed E-state index contributed by atoms with van der Waals surface area (Å²) in [5, 5.41) is 16.4. The monoisotopic (exact) mass is 439 g/mol. The van der Waals surface area contributed by atoms with Gasteiger partial charge in [0.05, 0.1) is 11.8 Å². The fraction of sp³-hybridized carbons (Fsp3) is 0.318. The first-order chi connectivity index (χ1) is 15.4. The maximum Gasteiger partial charge on any atom is 0.413 e. The van der Waals surface area contributed by atoms with Crippen molar-refractivity contribution in [2.24, 2.45) is 0 Å². The maximum absolute atomic E-state index is 15.2. The van der Waals surface area contributed by atoms with Crippen LogP contribution in [0, 0.1) is 12.7 Å². The zero-order valence-corrected chi connectivity index (χ0v) is 17.3. The minimum absolute atomic E-state index is 0.0435. The lowest BCUT2D eigenvalue weighted by molar-refractivity contribution is -0.0561. The number of fused-ring (bicyclic) bond motifs is 2. The Morgan fingerprint density at radius 1 is 1.31 bits per heavy atom. The molecule has 0 radical (unpaired) electrons. The van der Waals surface area contributed by atoms with E-state index < -0.39 is 24.1 Å². The molecule has 2 aliphatic rings. The van der Waals surface area contributed by atoms with Gasteiger partial charge in [0.15, 0.2) is 5.82 Å². The molecule has 1 fully saturated rings. The molecule has 1 aliphatic heterocycles. The van der Waals surface area contributed by atoms with Crippen LogP contribution in [0.5, 0.6) is 5.88 Å². The quantitative estimate of drug-likeness (QED) is 0.458. The third-order valence-corrected chi connectivity index (χ3v) is 5.90. The van der Waals surface area contributed by atoms with Crippen molar-refractivity contribution < 1.29 is 23.8 Å². The molecule has 1 aromatic carbocycles. The molecule has 3 heterocycles. The van der Waals surface area contributed by atoms with Crippen LogP contribution in [-0.4, -0.2) is 46.5 Å². The molecule has 0 bridgehead atoms. The fourth-order valence-corrected chi connectivity index (χ4v) is 3.92. The standard InChI is InChI=1S/C22H22FN5O4/c1-10-13(8-27-21-20(10)25-4-5-31-21)12-6-11-7-17(26-9-14(11)19(24)18(12)23)28-22(30)32-16-3-2-15(16)29/h6-9,15-16,25,29H,2-5,24H2,1H3,(H,26,28,30). The van der Waals surface area contributed by atoms with Crippen LogP contribution in [0.1, 0.15) is 18.4 Å². The molecule has 2 aromatic heterocycles. The molecule has 0 spiro atoms. The van der Waals surface area contributed by atoms with E-state index >= 15 is 4.39 Å². The second-order valence-corrected chi connectivity index (χ2v) is 7.91. The average Bonchev–Trinajstić information content (AvgIpc) is 2.79. The molecule has 0 saturated heterocycles. The summed E-state index contributed by atoms with van der Waals surface area (Å²) in [5.74, 6) is 0.140. The Hall–Kier alpha value is -3.66. The molecule has 166 valence electrons. The van der Waals surface area contributed by atoms with E-state index in [9.17, 15) is 9.90 Å². The summed E-state index contributed by atoms with van der Waals surface area (Å²) < 4.78 is 25.9. The van der Waals surface area contributed by atoms with Crippen LogP contribution in [0.25, 0.3) is 21.9 Å². The second kappa shape index (κ2) is 7.79. The summed E-state index contributed by atoms with van der Waals surface area (Å²) >= 11 is 0. The second-order valence-electron chi connectivity index (χ2n) is 7.91. The first-order valence-corrected chi connectivity index (χ1v) is 10.3. The Balaban J connectivity index is 1.50. The molecule has 32 heavy (non-hydrogen) atoms. The molecular weight excluding hydrogens is 417 g/mol. The number of aliphatic hydroxyl groups is 1. The number of nitrogen functional groups attached to an aromatic ring is 1. The number of benzene rings is 1. The van der Waals surface area contributed by atoms with E-state index in [-0.39, 0.29) is 17.1 Å². The number of hydrogen-bond donors (Lipinski definition) is 4. The van der Waals surface area contributed by atoms with Crippen LogP contribution in [0.2, 0.25) is 0 Å². The van der Waals surface area contributed by atoms with Crippen molar-refractivity contribution in [2.75, 3.05) is 29.5 Å². The zero-order valence-electron chi connectivity index (χ0n) is 17.3. The van der Waals surface area contributed by atoms with Gasteiger partial charge in [-0.05, 0) is 42.8 Å². The number of amides is 1. The molecule has 5 N–H and O–H groups in total. The molecule has 1 saturated carbocycles. The van der Waals surface area contributed by atoms with Crippen molar-refractivity contribution in [3.63, 3.8) is 0 Å². The van der Waals surface area contributed by atoms with Gasteiger partial charge in [0.25, 0.3) is 0 Å². The van der Waals surface area contributed by atoms with Gasteiger partial charge in [-0.1, -0.05) is 0 Å². The number of nitrogens with one attached hydrogen (secondary N) is 2. The third kappa shape index (κ3) is 3.42. The third-order valence-electron chi connectivity index (χ3n) is 5.90. The summed E-state index contributed by atoms with van der Waals surface area (Å²) in [6.45, 7) is 3.01. The number of hydrogen-bond acceptors (Lipinski definition) is 8. The highest BCUT2D eigenvalue weighted by Crippen LogP contribution is 2.39. The van der Waals surface area contributed by atoms with Crippen molar-refractivity contribution in [3.8, 4) is 17.0 Å². The summed E-state index contributed by atoms with van der Waals surface area (Å²) in [4.78, 5) is 20.5. The van der Waals surface area contributed by atoms with Crippen LogP contribution in [-0.2, 0) is 4.74 Å². The van der Waals surface area contributed by atoms with E-state index in [1.54, 1.807) is 18.3 Å². The van der Waals surface area contributed by atoms with E-state index in [4.69, 9.17) is 15.2 Å². The molecule has 2 atom stereocenters. The molecular formula is C22H22FN5O4. The molecule has 1 amide bonds. The van der Waals surface area contributed by atoms with Gasteiger partial charge in [-0.2, -0.15) is 0 Å². The van der Waals surface area contributed by atoms with E-state index in [1.165, 1.54) is 6.20 Å². The summed E-state index contributed by atoms with van der Waals surface area (Å²) in [5.41, 5.74) is 8.43. The van der Waals surface area contributed by atoms with Crippen molar-refractivity contribution in [1.82, 2.24) is 9.97 Å². The molecule has 3 aromatic rings. The Morgan fingerprint density at radius 3 is 2.91 bits per heavy atom. The van der Waals surface area contributed by atoms with Gasteiger partial charge in [0.2, 0.25) is 5.88 Å². The number of anilines is 3. The largest absolute Gasteiger partial charge is 0.474 e. The van der Waals surface area contributed by atoms with Crippen LogP contribution >= 0.6 is 0 Å². The van der Waals surface area contributed by atoms with E-state index in [0.29, 0.717) is 48.2 Å². The van der Waals surface area contributed by atoms with Gasteiger partial charge < -0.3 is 25.6 Å². The Morgan fingerprint density at radius 2 is 2.16 bits per heavy atom. The van der Waals surface area contributed by atoms with Crippen LogP contribution in [0.3, 0.4) is 0 Å². The lowest BCUT2D eigenvalue weighted by Gasteiger charge is -2.31. The van der Waals surface area contributed by atoms with Crippen LogP contribution in [0.4, 0.5) is 26.4 Å². The predicted octanol–water partition coefficient (Wildman–Crippen LogP) is 3.20. The number of pyridine rings is 2. The minimum Gasteiger partial charge on any atom is -0.474 e. The van der Waals surface area contributed by atoms with Gasteiger partial charge >= 0.3 is 6.09 Å². The topological polar surface area (TPSA) is 132 Å². The van der Waals surface area contributed by atoms with Crippen molar-refractivity contribution in [1.29, 1.82) is 0 Å². The molecule has 10 heteroatoms. The lowest BCUT2D eigenvalue weighted by atomic mass is 9.92.